The van der Waals surface area contributed by atoms with Gasteiger partial charge in [-0.2, -0.15) is 13.2 Å². The van der Waals surface area contributed by atoms with Gasteiger partial charge in [-0.15, -0.1) is 5.06 Å². The van der Waals surface area contributed by atoms with E-state index in [4.69, 9.17) is 48.9 Å². The second kappa shape index (κ2) is 54.3. The number of alkyl halides is 3. The number of amides is 12. The lowest BCUT2D eigenvalue weighted by atomic mass is 9.85. The number of imide groups is 3. The van der Waals surface area contributed by atoms with Crippen molar-refractivity contribution in [2.45, 2.75) is 229 Å². The molecule has 42 nitrogen and oxygen atoms in total. The number of ether oxygens (including phenoxy) is 12. The molecule has 3 saturated carbocycles. The summed E-state index contributed by atoms with van der Waals surface area (Å²) in [5, 5.41) is 24.9. The summed E-state index contributed by atoms with van der Waals surface area (Å²) in [5.41, 5.74) is 9.36. The molecule has 120 heavy (non-hydrogen) atoms. The maximum absolute atomic E-state index is 12.9. The van der Waals surface area contributed by atoms with Gasteiger partial charge in [0.25, 0.3) is 35.4 Å². The first kappa shape index (κ1) is 104. The highest BCUT2D eigenvalue weighted by Crippen LogP contribution is 2.44. The van der Waals surface area contributed by atoms with Crippen LogP contribution in [0.5, 0.6) is 0 Å². The lowest BCUT2D eigenvalue weighted by Gasteiger charge is -2.34. The molecular weight excluding hydrogens is 1610 g/mol. The molecule has 4 saturated heterocycles. The van der Waals surface area contributed by atoms with Crippen LogP contribution in [0.2, 0.25) is 0 Å². The molecule has 3 aliphatic carbocycles. The molecule has 6 unspecified atom stereocenters. The lowest BCUT2D eigenvalue weighted by molar-refractivity contribution is -0.426. The number of methoxy groups -OCH3 is 4. The van der Waals surface area contributed by atoms with E-state index < -0.39 is 83.9 Å². The van der Waals surface area contributed by atoms with Crippen LogP contribution in [0, 0.1) is 11.8 Å². The number of aliphatic carboxylic acids is 1. The van der Waals surface area contributed by atoms with Crippen LogP contribution in [0.1, 0.15) is 157 Å². The molecule has 0 aromatic heterocycles. The first-order chi connectivity index (χ1) is 56.4. The molecule has 10 aliphatic rings. The van der Waals surface area contributed by atoms with E-state index in [1.165, 1.54) is 62.5 Å². The number of cyclic esters (lactones) is 2. The fourth-order valence-electron chi connectivity index (χ4n) is 12.8. The number of carboxylic acids is 1. The summed E-state index contributed by atoms with van der Waals surface area (Å²) in [6.07, 6.45) is 12.3. The minimum Gasteiger partial charge on any atom is -0.542 e. The number of rotatable bonds is 27. The highest BCUT2D eigenvalue weighted by Gasteiger charge is 2.59. The van der Waals surface area contributed by atoms with Crippen molar-refractivity contribution in [1.82, 2.24) is 51.7 Å². The number of carbonyl (C=O) groups excluding carboxylic acids is 16. The zero-order chi connectivity index (χ0) is 88.4. The molecule has 6 atom stereocenters. The number of nitrogens with zero attached hydrogens (tertiary/aromatic N) is 4. The van der Waals surface area contributed by atoms with Gasteiger partial charge in [0, 0.05) is 135 Å². The number of nitrogens with two attached hydrogens (primary N) is 1. The van der Waals surface area contributed by atoms with Crippen molar-refractivity contribution in [1.29, 1.82) is 0 Å². The van der Waals surface area contributed by atoms with Crippen LogP contribution in [-0.2, 0) is 114 Å². The van der Waals surface area contributed by atoms with Gasteiger partial charge in [-0.1, -0.05) is 19.6 Å². The Morgan fingerprint density at radius 1 is 0.558 bits per heavy atom. The number of likely N-dealkylation sites (N-methyl/N-ethyl adjacent to an activating group) is 1. The highest BCUT2D eigenvalue weighted by molar-refractivity contribution is 6.14. The zero-order valence-electron chi connectivity index (χ0n) is 68.1. The SMILES string of the molecule is C.CC(C)(C)OC(=O)NC1CCC(N)CC1.CN1CCOCC1.COCOC(=O)NCCCCC(NC(=O)OCOC)C(=O)NC1CCC(N2C(=O)C=CC2=O)CC1.COCOC(=O)NCCCCC(NC(=O)OCOC)C(=O)ON1C(=O)CCC1=O.O=C([O-])C(F)(F)F.O=C1OC(=O)C2C3C=CC(O3)C12.[NH3+]C1CCC(N2C(=O)C=CC2=O)CC1. The molecule has 11 N–H and O–H groups in total. The maximum Gasteiger partial charge on any atom is 0.430 e. The molecule has 7 aliphatic heterocycles. The number of nitrogens with one attached hydrogen (secondary N) is 6. The smallest absolute Gasteiger partial charge is 0.430 e. The fourth-order valence-corrected chi connectivity index (χ4v) is 12.8. The number of hydroxylamine groups is 2. The Kier molecular flexibility index (Phi) is 47.1. The average molecular weight is 1720 g/mol. The van der Waals surface area contributed by atoms with E-state index in [9.17, 15) is 85.1 Å². The predicted octanol–water partition coefficient (Wildman–Crippen LogP) is 1.10. The monoisotopic (exact) mass is 1720 g/mol. The van der Waals surface area contributed by atoms with Crippen molar-refractivity contribution in [3.05, 3.63) is 36.5 Å². The van der Waals surface area contributed by atoms with E-state index >= 15 is 0 Å². The van der Waals surface area contributed by atoms with Crippen LogP contribution in [0.25, 0.3) is 0 Å². The normalized spacial score (nSPS) is 23.6. The summed E-state index contributed by atoms with van der Waals surface area (Å²) >= 11 is 0. The number of fused-ring (bicyclic) bond motifs is 5. The Morgan fingerprint density at radius 3 is 1.33 bits per heavy atom. The van der Waals surface area contributed by atoms with E-state index in [1.807, 2.05) is 32.9 Å². The van der Waals surface area contributed by atoms with Gasteiger partial charge in [-0.25, -0.2) is 28.8 Å². The highest BCUT2D eigenvalue weighted by atomic mass is 19.4. The quantitative estimate of drug-likeness (QED) is 0.0109. The molecule has 2 bridgehead atoms. The molecule has 10 rings (SSSR count). The maximum atomic E-state index is 12.9. The van der Waals surface area contributed by atoms with E-state index in [0.29, 0.717) is 81.5 Å². The van der Waals surface area contributed by atoms with Crippen molar-refractivity contribution in [3.63, 3.8) is 0 Å². The summed E-state index contributed by atoms with van der Waals surface area (Å²) in [6.45, 7) is 9.29. The molecule has 0 aromatic rings. The molecule has 0 spiro atoms. The molecule has 0 aromatic carbocycles. The zero-order valence-corrected chi connectivity index (χ0v) is 68.1. The fraction of sp³-hybridized carbons (Fsp3) is 0.707. The average Bonchev–Trinajstić information content (AvgIpc) is 1.59. The molecule has 12 amide bonds. The van der Waals surface area contributed by atoms with Crippen LogP contribution in [-0.4, -0.2) is 290 Å². The topological polar surface area (TPSA) is 555 Å². The predicted molar refractivity (Wildman–Crippen MR) is 405 cm³/mol. The van der Waals surface area contributed by atoms with Crippen molar-refractivity contribution in [2.75, 3.05) is 102 Å². The Morgan fingerprint density at radius 2 is 0.942 bits per heavy atom. The van der Waals surface area contributed by atoms with Crippen molar-refractivity contribution in [3.8, 4) is 0 Å². The van der Waals surface area contributed by atoms with Crippen LogP contribution in [0.4, 0.5) is 37.1 Å². The van der Waals surface area contributed by atoms with Gasteiger partial charge in [0.1, 0.15) is 35.5 Å². The second-order valence-electron chi connectivity index (χ2n) is 29.2. The summed E-state index contributed by atoms with van der Waals surface area (Å²) < 4.78 is 89.1. The van der Waals surface area contributed by atoms with E-state index in [1.54, 1.807) is 0 Å². The number of hydrogen-bond donors (Lipinski definition) is 8. The van der Waals surface area contributed by atoms with Crippen molar-refractivity contribution in [2.24, 2.45) is 17.6 Å². The molecular formula is C75H117F3N12O30. The van der Waals surface area contributed by atoms with E-state index in [2.05, 4.69) is 78.0 Å². The number of esters is 2. The van der Waals surface area contributed by atoms with Gasteiger partial charge >= 0.3 is 54.6 Å². The number of quaternary nitrogens is 1. The minimum absolute atomic E-state index is 0. The van der Waals surface area contributed by atoms with E-state index in [0.717, 1.165) is 77.7 Å². The van der Waals surface area contributed by atoms with Crippen molar-refractivity contribution >= 4 is 95.7 Å². The Labute approximate surface area is 692 Å². The summed E-state index contributed by atoms with van der Waals surface area (Å²) in [6, 6.07) is -1.20. The second-order valence-corrected chi connectivity index (χ2v) is 29.2. The third-order valence-corrected chi connectivity index (χ3v) is 18.9. The van der Waals surface area contributed by atoms with Gasteiger partial charge < -0.3 is 120 Å². The van der Waals surface area contributed by atoms with Gasteiger partial charge in [0.05, 0.1) is 31.5 Å². The Hall–Kier alpha value is -10.0. The molecule has 7 heterocycles. The number of halogens is 3. The molecule has 7 fully saturated rings. The Balaban J connectivity index is 0.000000388. The van der Waals surface area contributed by atoms with Crippen LogP contribution < -0.4 is 48.5 Å². The number of morpholine rings is 1. The number of carboxylic acid groups (broad SMARTS) is 1. The van der Waals surface area contributed by atoms with E-state index in [-0.39, 0.29) is 144 Å². The summed E-state index contributed by atoms with van der Waals surface area (Å²) in [5.74, 6) is -8.13. The first-order valence-electron chi connectivity index (χ1n) is 38.7. The third-order valence-electron chi connectivity index (χ3n) is 18.9. The van der Waals surface area contributed by atoms with Crippen LogP contribution >= 0.6 is 0 Å². The molecule has 678 valence electrons. The third kappa shape index (κ3) is 38.6. The number of hydrogen-bond acceptors (Lipinski definition) is 32. The van der Waals surface area contributed by atoms with Crippen LogP contribution in [0.15, 0.2) is 36.5 Å². The first-order valence-corrected chi connectivity index (χ1v) is 38.7. The van der Waals surface area contributed by atoms with Gasteiger partial charge in [0.15, 0.2) is 27.2 Å². The van der Waals surface area contributed by atoms with Gasteiger partial charge in [-0.05, 0) is 131 Å². The summed E-state index contributed by atoms with van der Waals surface area (Å²) in [7, 11) is 7.58. The number of alkyl carbamates (subject to hydrolysis) is 5. The number of unbranched alkanes of at least 4 members (excludes halogenated alkanes) is 2. The van der Waals surface area contributed by atoms with Gasteiger partial charge in [-0.3, -0.25) is 53.0 Å². The van der Waals surface area contributed by atoms with Crippen LogP contribution in [0.3, 0.4) is 0 Å². The molecule has 45 heteroatoms. The van der Waals surface area contributed by atoms with Gasteiger partial charge in [0.2, 0.25) is 5.91 Å². The number of carbonyl (C=O) groups is 16. The Bertz CT molecular complexity index is 3390. The lowest BCUT2D eigenvalue weighted by Crippen LogP contribution is -2.63. The molecule has 0 radical (unpaired) electrons. The van der Waals surface area contributed by atoms with Crippen molar-refractivity contribution < 1.29 is 162 Å². The summed E-state index contributed by atoms with van der Waals surface area (Å²) in [4.78, 5) is 193. The standard InChI is InChI=1S/C22H34N4O9.C16H25N3O10.C11H22N2O2.C10H14N2O2.C8H6O4.C5H11NO.C2HF3O2.CH4/c1-32-13-34-21(30)23-12-4-3-5-17(25-22(31)35-14-33-2)20(29)24-15-6-8-16(9-7-15)26-18(27)10-11-19(26)28;1-25-9-27-15(23)17-8-4-3-5-11(18-16(24)28-10-26-2)14(22)29-19-12(20)6-7-13(19)21;1-11(2,3)15-10(14)13-9-6-4-8(12)5-7-9;11-7-1-3-8(4-2-7)12-9(13)5-6-10(12)14;9-7-5-3-1-2-4(11-3)6(5)8(10)12-7;1-6-2-4-7-5-3-6;3-2(4,5)1(6)7;/h10-11,15-17H,3-9,12-14H2,1-2H3,(H,23,30)(H,24,29)(H,25,31);11H,3-10H2,1-2H3,(H,17,23)(H,18,24);8-9H,4-7,12H2,1-3H3,(H,13,14);5-8H,1-4,11H2;1-6H;2-5H2,1H3;(H,6,7);1H4. The largest absolute Gasteiger partial charge is 0.542 e. The minimum atomic E-state index is -5.19.